The zero-order valence-corrected chi connectivity index (χ0v) is 15.9. The highest BCUT2D eigenvalue weighted by Crippen LogP contribution is 2.22. The molecule has 0 aliphatic carbocycles. The number of nitro benzene ring substituents is 2. The number of rotatable bonds is 8. The lowest BCUT2D eigenvalue weighted by Crippen LogP contribution is -2.23. The summed E-state index contributed by atoms with van der Waals surface area (Å²) >= 11 is 0. The van der Waals surface area contributed by atoms with E-state index in [-0.39, 0.29) is 23.9 Å². The number of nitrogens with one attached hydrogen (secondary N) is 2. The van der Waals surface area contributed by atoms with Gasteiger partial charge in [-0.05, 0) is 24.1 Å². The molecule has 2 amide bonds. The van der Waals surface area contributed by atoms with Gasteiger partial charge < -0.3 is 10.6 Å². The Morgan fingerprint density at radius 2 is 1.66 bits per heavy atom. The molecule has 0 radical (unpaired) electrons. The predicted octanol–water partition coefficient (Wildman–Crippen LogP) is 3.42. The summed E-state index contributed by atoms with van der Waals surface area (Å²) in [6.07, 6.45) is 0.705. The van der Waals surface area contributed by atoms with Gasteiger partial charge in [-0.2, -0.15) is 0 Å². The molecule has 1 atom stereocenters. The highest BCUT2D eigenvalue weighted by Gasteiger charge is 2.19. The molecule has 0 saturated carbocycles. The van der Waals surface area contributed by atoms with E-state index in [1.54, 1.807) is 24.3 Å². The lowest BCUT2D eigenvalue weighted by Gasteiger charge is -2.11. The van der Waals surface area contributed by atoms with Gasteiger partial charge >= 0.3 is 0 Å². The van der Waals surface area contributed by atoms with Gasteiger partial charge in [0.05, 0.1) is 21.5 Å². The van der Waals surface area contributed by atoms with Crippen molar-refractivity contribution in [3.8, 4) is 0 Å². The number of hydrogen-bond donors (Lipinski definition) is 2. The van der Waals surface area contributed by atoms with Crippen LogP contribution in [0.25, 0.3) is 0 Å². The van der Waals surface area contributed by atoms with Gasteiger partial charge in [-0.25, -0.2) is 0 Å². The molecule has 2 rings (SSSR count). The first kappa shape index (κ1) is 21.5. The van der Waals surface area contributed by atoms with Crippen molar-refractivity contribution < 1.29 is 19.4 Å². The minimum Gasteiger partial charge on any atom is -0.348 e. The summed E-state index contributed by atoms with van der Waals surface area (Å²) in [5.74, 6) is -0.938. The Balaban J connectivity index is 2.11. The average Bonchev–Trinajstić information content (AvgIpc) is 2.71. The normalized spacial score (nSPS) is 11.4. The third-order valence-electron chi connectivity index (χ3n) is 4.29. The van der Waals surface area contributed by atoms with Crippen LogP contribution in [0, 0.1) is 26.1 Å². The summed E-state index contributed by atoms with van der Waals surface area (Å²) in [4.78, 5) is 44.6. The molecule has 0 spiro atoms. The summed E-state index contributed by atoms with van der Waals surface area (Å²) in [5, 5.41) is 27.2. The topological polar surface area (TPSA) is 144 Å². The maximum absolute atomic E-state index is 12.3. The van der Waals surface area contributed by atoms with E-state index in [9.17, 15) is 29.8 Å². The number of carbonyl (C=O) groups is 2. The summed E-state index contributed by atoms with van der Waals surface area (Å²) in [7, 11) is 0. The lowest BCUT2D eigenvalue weighted by molar-refractivity contribution is -0.394. The van der Waals surface area contributed by atoms with Crippen LogP contribution >= 0.6 is 0 Å². The van der Waals surface area contributed by atoms with Gasteiger partial charge in [-0.15, -0.1) is 0 Å². The Bertz CT molecular complexity index is 927. The third-order valence-corrected chi connectivity index (χ3v) is 4.29. The second-order valence-electron chi connectivity index (χ2n) is 6.43. The Labute approximate surface area is 166 Å². The molecule has 1 unspecified atom stereocenters. The van der Waals surface area contributed by atoms with E-state index in [0.717, 1.165) is 18.2 Å². The molecule has 0 heterocycles. The zero-order valence-electron chi connectivity index (χ0n) is 15.9. The monoisotopic (exact) mass is 400 g/mol. The first-order valence-electron chi connectivity index (χ1n) is 8.83. The Morgan fingerprint density at radius 3 is 2.21 bits per heavy atom. The number of nitro groups is 2. The second-order valence-corrected chi connectivity index (χ2v) is 6.43. The van der Waals surface area contributed by atoms with Crippen molar-refractivity contribution in [3.05, 3.63) is 73.8 Å². The molecular weight excluding hydrogens is 380 g/mol. The molecule has 2 aromatic carbocycles. The molecule has 10 heteroatoms. The zero-order chi connectivity index (χ0) is 21.6. The molecule has 2 aromatic rings. The van der Waals surface area contributed by atoms with Crippen LogP contribution in [-0.4, -0.2) is 21.7 Å². The first-order valence-corrected chi connectivity index (χ1v) is 8.83. The van der Waals surface area contributed by atoms with Gasteiger partial charge in [0.15, 0.2) is 0 Å². The van der Waals surface area contributed by atoms with Crippen LogP contribution in [0.4, 0.5) is 17.1 Å². The maximum atomic E-state index is 12.3. The van der Waals surface area contributed by atoms with Gasteiger partial charge in [0, 0.05) is 30.3 Å². The fraction of sp³-hybridized carbons (Fsp3) is 0.263. The Morgan fingerprint density at radius 1 is 1.03 bits per heavy atom. The largest absolute Gasteiger partial charge is 0.348 e. The van der Waals surface area contributed by atoms with Crippen LogP contribution in [0.1, 0.15) is 36.2 Å². The Kier molecular flexibility index (Phi) is 6.96. The summed E-state index contributed by atoms with van der Waals surface area (Å²) < 4.78 is 0. The number of anilines is 1. The SMILES string of the molecule is CCC(C)C(=O)Nc1cccc(CNC(=O)c2cc([N+](=O)[O-])cc([N+](=O)[O-])c2)c1. The maximum Gasteiger partial charge on any atom is 0.277 e. The van der Waals surface area contributed by atoms with Gasteiger partial charge in [0.1, 0.15) is 0 Å². The molecule has 10 nitrogen and oxygen atoms in total. The molecule has 152 valence electrons. The average molecular weight is 400 g/mol. The van der Waals surface area contributed by atoms with E-state index in [0.29, 0.717) is 17.7 Å². The van der Waals surface area contributed by atoms with Gasteiger partial charge in [-0.1, -0.05) is 26.0 Å². The first-order chi connectivity index (χ1) is 13.7. The van der Waals surface area contributed by atoms with Gasteiger partial charge in [-0.3, -0.25) is 29.8 Å². The summed E-state index contributed by atoms with van der Waals surface area (Å²) in [6.45, 7) is 3.80. The number of nitrogens with zero attached hydrogens (tertiary/aromatic N) is 2. The van der Waals surface area contributed by atoms with Crippen LogP contribution < -0.4 is 10.6 Å². The molecule has 0 fully saturated rings. The van der Waals surface area contributed by atoms with Gasteiger partial charge in [0.25, 0.3) is 17.3 Å². The van der Waals surface area contributed by atoms with Crippen molar-refractivity contribution >= 4 is 28.9 Å². The molecule has 0 aliphatic heterocycles. The van der Waals surface area contributed by atoms with Crippen molar-refractivity contribution in [3.63, 3.8) is 0 Å². The third kappa shape index (κ3) is 5.83. The van der Waals surface area contributed by atoms with Crippen LogP contribution in [0.3, 0.4) is 0 Å². The fourth-order valence-corrected chi connectivity index (χ4v) is 2.43. The molecule has 0 aliphatic rings. The van der Waals surface area contributed by atoms with E-state index >= 15 is 0 Å². The van der Waals surface area contributed by atoms with Crippen LogP contribution in [-0.2, 0) is 11.3 Å². The fourth-order valence-electron chi connectivity index (χ4n) is 2.43. The standard InChI is InChI=1S/C19H20N4O6/c1-3-12(2)18(24)21-15-6-4-5-13(7-15)11-20-19(25)14-8-16(22(26)27)10-17(9-14)23(28)29/h4-10,12H,3,11H2,1-2H3,(H,20,25)(H,21,24). The van der Waals surface area contributed by atoms with Crippen LogP contribution in [0.15, 0.2) is 42.5 Å². The van der Waals surface area contributed by atoms with Crippen molar-refractivity contribution in [2.75, 3.05) is 5.32 Å². The second kappa shape index (κ2) is 9.40. The molecule has 0 saturated heterocycles. The molecule has 29 heavy (non-hydrogen) atoms. The van der Waals surface area contributed by atoms with Crippen LogP contribution in [0.2, 0.25) is 0 Å². The van der Waals surface area contributed by atoms with E-state index in [4.69, 9.17) is 0 Å². The van der Waals surface area contributed by atoms with Crippen molar-refractivity contribution in [1.29, 1.82) is 0 Å². The number of non-ortho nitro benzene ring substituents is 2. The number of amides is 2. The summed E-state index contributed by atoms with van der Waals surface area (Å²) in [6, 6.07) is 9.60. The molecule has 0 aromatic heterocycles. The van der Waals surface area contributed by atoms with Crippen molar-refractivity contribution in [2.45, 2.75) is 26.8 Å². The summed E-state index contributed by atoms with van der Waals surface area (Å²) in [5.41, 5.74) is -0.0152. The van der Waals surface area contributed by atoms with Crippen molar-refractivity contribution in [1.82, 2.24) is 5.32 Å². The highest BCUT2D eigenvalue weighted by atomic mass is 16.6. The molecule has 0 bridgehead atoms. The van der Waals surface area contributed by atoms with Crippen LogP contribution in [0.5, 0.6) is 0 Å². The quantitative estimate of drug-likeness (QED) is 0.513. The minimum atomic E-state index is -0.798. The van der Waals surface area contributed by atoms with E-state index < -0.39 is 27.1 Å². The van der Waals surface area contributed by atoms with E-state index in [2.05, 4.69) is 10.6 Å². The Hall–Kier alpha value is -3.82. The molecule has 2 N–H and O–H groups in total. The minimum absolute atomic E-state index is 0.0718. The highest BCUT2D eigenvalue weighted by molar-refractivity contribution is 5.95. The number of hydrogen-bond acceptors (Lipinski definition) is 6. The van der Waals surface area contributed by atoms with E-state index in [1.807, 2.05) is 13.8 Å². The van der Waals surface area contributed by atoms with Gasteiger partial charge in [0.2, 0.25) is 5.91 Å². The lowest BCUT2D eigenvalue weighted by atomic mass is 10.1. The molecular formula is C19H20N4O6. The van der Waals surface area contributed by atoms with E-state index in [1.165, 1.54) is 0 Å². The smallest absolute Gasteiger partial charge is 0.277 e. The number of benzene rings is 2. The van der Waals surface area contributed by atoms with Crippen molar-refractivity contribution in [2.24, 2.45) is 5.92 Å². The number of carbonyl (C=O) groups excluding carboxylic acids is 2. The predicted molar refractivity (Wildman–Crippen MR) is 105 cm³/mol.